The van der Waals surface area contributed by atoms with Crippen LogP contribution in [0.3, 0.4) is 0 Å². The molecule has 0 saturated carbocycles. The van der Waals surface area contributed by atoms with Crippen molar-refractivity contribution in [2.75, 3.05) is 11.1 Å². The number of fused-ring (bicyclic) bond motifs is 1. The zero-order chi connectivity index (χ0) is 13.4. The summed E-state index contributed by atoms with van der Waals surface area (Å²) in [6.45, 7) is 0. The van der Waals surface area contributed by atoms with Crippen molar-refractivity contribution in [3.8, 4) is 0 Å². The molecule has 0 fully saturated rings. The van der Waals surface area contributed by atoms with Crippen molar-refractivity contribution in [1.29, 1.82) is 0 Å². The second-order valence-electron chi connectivity index (χ2n) is 3.95. The molecule has 96 valence electrons. The first-order valence-electron chi connectivity index (χ1n) is 5.37. The molecule has 0 bridgehead atoms. The van der Waals surface area contributed by atoms with Gasteiger partial charge in [-0.05, 0) is 34.6 Å². The summed E-state index contributed by atoms with van der Waals surface area (Å²) in [4.78, 5) is 0. The molecule has 0 amide bonds. The van der Waals surface area contributed by atoms with E-state index in [-0.39, 0.29) is 5.69 Å². The van der Waals surface area contributed by atoms with E-state index in [1.165, 1.54) is 12.1 Å². The molecule has 1 aromatic heterocycles. The van der Waals surface area contributed by atoms with Crippen molar-refractivity contribution < 1.29 is 13.4 Å². The number of nitrogens with one attached hydrogen (secondary N) is 1. The Hall–Kier alpha value is -2.70. The molecule has 3 aromatic rings. The van der Waals surface area contributed by atoms with Gasteiger partial charge in [0.2, 0.25) is 0 Å². The van der Waals surface area contributed by atoms with Gasteiger partial charge in [0.25, 0.3) is 0 Å². The van der Waals surface area contributed by atoms with Crippen LogP contribution in [0.1, 0.15) is 0 Å². The molecular weight excluding hydrogens is 254 g/mol. The summed E-state index contributed by atoms with van der Waals surface area (Å²) in [6, 6.07) is 6.36. The summed E-state index contributed by atoms with van der Waals surface area (Å²) in [5.74, 6) is -1.35. The van der Waals surface area contributed by atoms with Crippen LogP contribution in [0.4, 0.5) is 25.8 Å². The number of nitrogen functional groups attached to an aromatic ring is 1. The third-order valence-electron chi connectivity index (χ3n) is 2.59. The highest BCUT2D eigenvalue weighted by atomic mass is 19.1. The van der Waals surface area contributed by atoms with Crippen molar-refractivity contribution in [2.24, 2.45) is 0 Å². The maximum absolute atomic E-state index is 13.1. The van der Waals surface area contributed by atoms with Crippen LogP contribution in [-0.4, -0.2) is 10.3 Å². The molecule has 5 nitrogen and oxygen atoms in total. The average Bonchev–Trinajstić information content (AvgIpc) is 2.81. The van der Waals surface area contributed by atoms with E-state index in [9.17, 15) is 8.78 Å². The van der Waals surface area contributed by atoms with Gasteiger partial charge in [-0.3, -0.25) is 0 Å². The van der Waals surface area contributed by atoms with Crippen LogP contribution < -0.4 is 11.1 Å². The smallest absolute Gasteiger partial charge is 0.160 e. The Balaban J connectivity index is 2.06. The fourth-order valence-corrected chi connectivity index (χ4v) is 1.77. The zero-order valence-corrected chi connectivity index (χ0v) is 9.52. The van der Waals surface area contributed by atoms with E-state index >= 15 is 0 Å². The van der Waals surface area contributed by atoms with Crippen molar-refractivity contribution in [1.82, 2.24) is 10.3 Å². The van der Waals surface area contributed by atoms with Crippen LogP contribution in [0.2, 0.25) is 0 Å². The quantitative estimate of drug-likeness (QED) is 0.694. The lowest BCUT2D eigenvalue weighted by molar-refractivity contribution is 0.316. The van der Waals surface area contributed by atoms with E-state index in [0.29, 0.717) is 22.4 Å². The third kappa shape index (κ3) is 2.05. The summed E-state index contributed by atoms with van der Waals surface area (Å²) in [5.41, 5.74) is 7.65. The van der Waals surface area contributed by atoms with E-state index in [2.05, 4.69) is 20.3 Å². The summed E-state index contributed by atoms with van der Waals surface area (Å²) >= 11 is 0. The highest BCUT2D eigenvalue weighted by Gasteiger charge is 2.10. The molecule has 0 radical (unpaired) electrons. The first-order chi connectivity index (χ1) is 9.13. The second kappa shape index (κ2) is 4.20. The molecule has 0 atom stereocenters. The van der Waals surface area contributed by atoms with Gasteiger partial charge < -0.3 is 11.1 Å². The molecule has 0 aliphatic heterocycles. The van der Waals surface area contributed by atoms with Gasteiger partial charge in [0, 0.05) is 11.8 Å². The van der Waals surface area contributed by atoms with Crippen LogP contribution in [-0.2, 0) is 0 Å². The Morgan fingerprint density at radius 2 is 1.68 bits per heavy atom. The molecule has 7 heteroatoms. The van der Waals surface area contributed by atoms with Crippen molar-refractivity contribution in [3.63, 3.8) is 0 Å². The first-order valence-corrected chi connectivity index (χ1v) is 5.37. The topological polar surface area (TPSA) is 77.0 Å². The van der Waals surface area contributed by atoms with Gasteiger partial charge in [-0.1, -0.05) is 0 Å². The molecule has 2 aromatic carbocycles. The standard InChI is InChI=1S/C12H8F2N4O/c13-6-3-7(14)5-8(4-6)16-10-2-1-9(15)11-12(10)18-19-17-11/h1-5,16H,15H2. The Morgan fingerprint density at radius 1 is 1.00 bits per heavy atom. The zero-order valence-electron chi connectivity index (χ0n) is 9.52. The molecule has 0 saturated heterocycles. The van der Waals surface area contributed by atoms with Crippen LogP contribution >= 0.6 is 0 Å². The molecule has 3 rings (SSSR count). The summed E-state index contributed by atoms with van der Waals surface area (Å²) in [5, 5.41) is 10.2. The molecule has 3 N–H and O–H groups in total. The third-order valence-corrected chi connectivity index (χ3v) is 2.59. The van der Waals surface area contributed by atoms with Crippen molar-refractivity contribution in [2.45, 2.75) is 0 Å². The van der Waals surface area contributed by atoms with Gasteiger partial charge in [-0.25, -0.2) is 13.4 Å². The lowest BCUT2D eigenvalue weighted by atomic mass is 10.2. The fourth-order valence-electron chi connectivity index (χ4n) is 1.77. The molecule has 0 aliphatic carbocycles. The van der Waals surface area contributed by atoms with E-state index in [1.807, 2.05) is 0 Å². The van der Waals surface area contributed by atoms with Crippen LogP contribution in [0.5, 0.6) is 0 Å². The lowest BCUT2D eigenvalue weighted by Gasteiger charge is -2.07. The number of aromatic nitrogens is 2. The van der Waals surface area contributed by atoms with E-state index in [4.69, 9.17) is 5.73 Å². The van der Waals surface area contributed by atoms with Crippen LogP contribution in [0, 0.1) is 11.6 Å². The van der Waals surface area contributed by atoms with Crippen LogP contribution in [0.25, 0.3) is 11.0 Å². The van der Waals surface area contributed by atoms with E-state index in [1.54, 1.807) is 12.1 Å². The molecule has 19 heavy (non-hydrogen) atoms. The largest absolute Gasteiger partial charge is 0.397 e. The van der Waals surface area contributed by atoms with E-state index < -0.39 is 11.6 Å². The maximum atomic E-state index is 13.1. The number of halogens is 2. The second-order valence-corrected chi connectivity index (χ2v) is 3.95. The minimum Gasteiger partial charge on any atom is -0.397 e. The van der Waals surface area contributed by atoms with Gasteiger partial charge in [0.05, 0.1) is 11.4 Å². The van der Waals surface area contributed by atoms with Crippen LogP contribution in [0.15, 0.2) is 35.0 Å². The Labute approximate surface area is 106 Å². The summed E-state index contributed by atoms with van der Waals surface area (Å²) in [7, 11) is 0. The predicted molar refractivity (Wildman–Crippen MR) is 65.9 cm³/mol. The summed E-state index contributed by atoms with van der Waals surface area (Å²) < 4.78 is 30.8. The average molecular weight is 262 g/mol. The number of nitrogens with two attached hydrogens (primary N) is 1. The molecule has 1 heterocycles. The molecular formula is C12H8F2N4O. The molecule has 0 spiro atoms. The fraction of sp³-hybridized carbons (Fsp3) is 0. The monoisotopic (exact) mass is 262 g/mol. The lowest BCUT2D eigenvalue weighted by Crippen LogP contribution is -1.95. The Morgan fingerprint density at radius 3 is 2.42 bits per heavy atom. The van der Waals surface area contributed by atoms with Gasteiger partial charge in [-0.15, -0.1) is 0 Å². The van der Waals surface area contributed by atoms with Crippen molar-refractivity contribution in [3.05, 3.63) is 42.0 Å². The van der Waals surface area contributed by atoms with E-state index in [0.717, 1.165) is 6.07 Å². The highest BCUT2D eigenvalue weighted by molar-refractivity contribution is 5.96. The molecule has 0 aliphatic rings. The van der Waals surface area contributed by atoms with Gasteiger partial charge in [-0.2, -0.15) is 0 Å². The number of hydrogen-bond acceptors (Lipinski definition) is 5. The SMILES string of the molecule is Nc1ccc(Nc2cc(F)cc(F)c2)c2nonc12. The number of nitrogens with zero attached hydrogens (tertiary/aromatic N) is 2. The maximum Gasteiger partial charge on any atom is 0.160 e. The number of hydrogen-bond donors (Lipinski definition) is 2. The number of rotatable bonds is 2. The minimum absolute atomic E-state index is 0.256. The van der Waals surface area contributed by atoms with Gasteiger partial charge >= 0.3 is 0 Å². The summed E-state index contributed by atoms with van der Waals surface area (Å²) in [6.07, 6.45) is 0. The highest BCUT2D eigenvalue weighted by Crippen LogP contribution is 2.28. The van der Waals surface area contributed by atoms with Gasteiger partial charge in [0.1, 0.15) is 11.6 Å². The first kappa shape index (κ1) is 11.4. The van der Waals surface area contributed by atoms with Crippen molar-refractivity contribution >= 4 is 28.1 Å². The predicted octanol–water partition coefficient (Wildman–Crippen LogP) is 2.83. The molecule has 0 unspecified atom stereocenters. The number of benzene rings is 2. The minimum atomic E-state index is -0.674. The Kier molecular flexibility index (Phi) is 2.52. The normalized spacial score (nSPS) is 10.8. The van der Waals surface area contributed by atoms with Gasteiger partial charge in [0.15, 0.2) is 11.0 Å². The Bertz CT molecular complexity index is 736. The number of anilines is 3.